The molecule has 0 aliphatic carbocycles. The SMILES string of the molecule is Cc1cc(-c2noc(-c3cc(N)ccc3Br)n2)ccc1F. The minimum absolute atomic E-state index is 0.263. The first-order valence-corrected chi connectivity index (χ1v) is 6.99. The van der Waals surface area contributed by atoms with E-state index in [0.29, 0.717) is 34.1 Å². The molecule has 0 spiro atoms. The highest BCUT2D eigenvalue weighted by molar-refractivity contribution is 9.10. The molecular formula is C15H11BrFN3O. The monoisotopic (exact) mass is 347 g/mol. The summed E-state index contributed by atoms with van der Waals surface area (Å²) in [5, 5.41) is 3.93. The fourth-order valence-electron chi connectivity index (χ4n) is 1.94. The Bertz CT molecular complexity index is 816. The molecular weight excluding hydrogens is 337 g/mol. The average Bonchev–Trinajstić information content (AvgIpc) is 2.94. The fraction of sp³-hybridized carbons (Fsp3) is 0.0667. The summed E-state index contributed by atoms with van der Waals surface area (Å²) < 4.78 is 19.4. The van der Waals surface area contributed by atoms with Crippen molar-refractivity contribution in [3.8, 4) is 22.8 Å². The molecule has 0 aliphatic heterocycles. The fourth-order valence-corrected chi connectivity index (χ4v) is 2.36. The van der Waals surface area contributed by atoms with Crippen LogP contribution in [0.3, 0.4) is 0 Å². The zero-order valence-corrected chi connectivity index (χ0v) is 12.7. The number of halogens is 2. The summed E-state index contributed by atoms with van der Waals surface area (Å²) in [7, 11) is 0. The van der Waals surface area contributed by atoms with Gasteiger partial charge in [-0.2, -0.15) is 4.98 Å². The Labute approximate surface area is 128 Å². The second kappa shape index (κ2) is 5.29. The van der Waals surface area contributed by atoms with Gasteiger partial charge in [-0.3, -0.25) is 0 Å². The van der Waals surface area contributed by atoms with E-state index in [1.165, 1.54) is 6.07 Å². The van der Waals surface area contributed by atoms with Crippen molar-refractivity contribution in [2.45, 2.75) is 6.92 Å². The van der Waals surface area contributed by atoms with Crippen LogP contribution in [0.5, 0.6) is 0 Å². The van der Waals surface area contributed by atoms with Gasteiger partial charge in [0.1, 0.15) is 5.82 Å². The molecule has 1 heterocycles. The Balaban J connectivity index is 2.03. The maximum Gasteiger partial charge on any atom is 0.259 e. The lowest BCUT2D eigenvalue weighted by atomic mass is 10.1. The van der Waals surface area contributed by atoms with Crippen molar-refractivity contribution in [1.82, 2.24) is 10.1 Å². The van der Waals surface area contributed by atoms with Crippen LogP contribution in [0, 0.1) is 12.7 Å². The number of anilines is 1. The molecule has 21 heavy (non-hydrogen) atoms. The number of nitrogens with zero attached hydrogens (tertiary/aromatic N) is 2. The van der Waals surface area contributed by atoms with Crippen molar-refractivity contribution < 1.29 is 8.91 Å². The number of rotatable bonds is 2. The molecule has 0 saturated carbocycles. The van der Waals surface area contributed by atoms with Crippen LogP contribution in [0.15, 0.2) is 45.4 Å². The van der Waals surface area contributed by atoms with Crippen molar-refractivity contribution in [2.24, 2.45) is 0 Å². The smallest absolute Gasteiger partial charge is 0.259 e. The molecule has 106 valence electrons. The Morgan fingerprint density at radius 3 is 2.76 bits per heavy atom. The van der Waals surface area contributed by atoms with E-state index < -0.39 is 0 Å². The minimum Gasteiger partial charge on any atom is -0.399 e. The van der Waals surface area contributed by atoms with Gasteiger partial charge in [-0.25, -0.2) is 4.39 Å². The number of hydrogen-bond donors (Lipinski definition) is 1. The molecule has 1 aromatic heterocycles. The van der Waals surface area contributed by atoms with Crippen LogP contribution in [0.4, 0.5) is 10.1 Å². The maximum atomic E-state index is 13.3. The van der Waals surface area contributed by atoms with Gasteiger partial charge in [0.05, 0.1) is 5.56 Å². The van der Waals surface area contributed by atoms with Crippen LogP contribution in [0.2, 0.25) is 0 Å². The molecule has 0 aliphatic rings. The van der Waals surface area contributed by atoms with Crippen molar-refractivity contribution in [1.29, 1.82) is 0 Å². The molecule has 0 saturated heterocycles. The number of aryl methyl sites for hydroxylation is 1. The first-order chi connectivity index (χ1) is 10.0. The van der Waals surface area contributed by atoms with Crippen molar-refractivity contribution in [3.63, 3.8) is 0 Å². The molecule has 0 atom stereocenters. The van der Waals surface area contributed by atoms with E-state index in [4.69, 9.17) is 10.3 Å². The maximum absolute atomic E-state index is 13.3. The number of nitrogens with two attached hydrogens (primary N) is 1. The van der Waals surface area contributed by atoms with E-state index in [9.17, 15) is 4.39 Å². The normalized spacial score (nSPS) is 10.8. The Morgan fingerprint density at radius 1 is 1.19 bits per heavy atom. The second-order valence-electron chi connectivity index (χ2n) is 4.63. The van der Waals surface area contributed by atoms with Crippen molar-refractivity contribution in [2.75, 3.05) is 5.73 Å². The predicted molar refractivity (Wildman–Crippen MR) is 82.0 cm³/mol. The summed E-state index contributed by atoms with van der Waals surface area (Å²) in [5.74, 6) is 0.495. The van der Waals surface area contributed by atoms with Crippen molar-refractivity contribution >= 4 is 21.6 Å². The molecule has 3 aromatic rings. The van der Waals surface area contributed by atoms with Crippen LogP contribution in [-0.4, -0.2) is 10.1 Å². The quantitative estimate of drug-likeness (QED) is 0.705. The molecule has 6 heteroatoms. The van der Waals surface area contributed by atoms with Gasteiger partial charge in [0.15, 0.2) is 0 Å². The minimum atomic E-state index is -0.263. The summed E-state index contributed by atoms with van der Waals surface area (Å²) in [6, 6.07) is 10.0. The van der Waals surface area contributed by atoms with Gasteiger partial charge in [-0.1, -0.05) is 5.16 Å². The first kappa shape index (κ1) is 13.8. The molecule has 0 amide bonds. The van der Waals surface area contributed by atoms with Crippen molar-refractivity contribution in [3.05, 3.63) is 52.3 Å². The number of aromatic nitrogens is 2. The largest absolute Gasteiger partial charge is 0.399 e. The first-order valence-electron chi connectivity index (χ1n) is 6.20. The van der Waals surface area contributed by atoms with Crippen LogP contribution in [-0.2, 0) is 0 Å². The second-order valence-corrected chi connectivity index (χ2v) is 5.48. The van der Waals surface area contributed by atoms with Crippen LogP contribution < -0.4 is 5.73 Å². The molecule has 0 radical (unpaired) electrons. The van der Waals surface area contributed by atoms with E-state index in [-0.39, 0.29) is 5.82 Å². The Morgan fingerprint density at radius 2 is 2.00 bits per heavy atom. The highest BCUT2D eigenvalue weighted by atomic mass is 79.9. The molecule has 0 bridgehead atoms. The third-order valence-corrected chi connectivity index (χ3v) is 3.75. The van der Waals surface area contributed by atoms with E-state index in [1.54, 1.807) is 31.2 Å². The number of benzene rings is 2. The lowest BCUT2D eigenvalue weighted by Gasteiger charge is -2.00. The molecule has 3 rings (SSSR count). The zero-order valence-electron chi connectivity index (χ0n) is 11.1. The van der Waals surface area contributed by atoms with Gasteiger partial charge in [0.25, 0.3) is 5.89 Å². The molecule has 2 N–H and O–H groups in total. The van der Waals surface area contributed by atoms with Gasteiger partial charge in [-0.05, 0) is 64.8 Å². The molecule has 2 aromatic carbocycles. The van der Waals surface area contributed by atoms with Gasteiger partial charge in [0, 0.05) is 15.7 Å². The summed E-state index contributed by atoms with van der Waals surface area (Å²) >= 11 is 3.42. The molecule has 4 nitrogen and oxygen atoms in total. The van der Waals surface area contributed by atoms with Crippen LogP contribution >= 0.6 is 15.9 Å². The molecule has 0 unspecified atom stereocenters. The predicted octanol–water partition coefficient (Wildman–Crippen LogP) is 4.20. The van der Waals surface area contributed by atoms with E-state index >= 15 is 0 Å². The van der Waals surface area contributed by atoms with Crippen LogP contribution in [0.25, 0.3) is 22.8 Å². The lowest BCUT2D eigenvalue weighted by molar-refractivity contribution is 0.432. The topological polar surface area (TPSA) is 64.9 Å². The molecule has 0 fully saturated rings. The van der Waals surface area contributed by atoms with Gasteiger partial charge in [-0.15, -0.1) is 0 Å². The summed E-state index contributed by atoms with van der Waals surface area (Å²) in [5.41, 5.74) is 8.31. The van der Waals surface area contributed by atoms with E-state index in [2.05, 4.69) is 26.1 Å². The Hall–Kier alpha value is -2.21. The van der Waals surface area contributed by atoms with E-state index in [1.807, 2.05) is 6.07 Å². The Kier molecular flexibility index (Phi) is 3.47. The number of hydrogen-bond acceptors (Lipinski definition) is 4. The average molecular weight is 348 g/mol. The zero-order chi connectivity index (χ0) is 15.0. The van der Waals surface area contributed by atoms with Crippen LogP contribution in [0.1, 0.15) is 5.56 Å². The third-order valence-electron chi connectivity index (χ3n) is 3.06. The standard InChI is InChI=1S/C15H11BrFN3O/c1-8-6-9(2-5-13(8)17)14-19-15(21-20-14)11-7-10(18)3-4-12(11)16/h2-7H,18H2,1H3. The highest BCUT2D eigenvalue weighted by Gasteiger charge is 2.14. The van der Waals surface area contributed by atoms with Gasteiger partial charge in [0.2, 0.25) is 5.82 Å². The third kappa shape index (κ3) is 2.67. The van der Waals surface area contributed by atoms with Gasteiger partial charge < -0.3 is 10.3 Å². The van der Waals surface area contributed by atoms with E-state index in [0.717, 1.165) is 4.47 Å². The summed E-state index contributed by atoms with van der Waals surface area (Å²) in [6.45, 7) is 1.69. The highest BCUT2D eigenvalue weighted by Crippen LogP contribution is 2.30. The number of nitrogen functional groups attached to an aromatic ring is 1. The summed E-state index contributed by atoms with van der Waals surface area (Å²) in [6.07, 6.45) is 0. The lowest BCUT2D eigenvalue weighted by Crippen LogP contribution is -1.88. The summed E-state index contributed by atoms with van der Waals surface area (Å²) in [4.78, 5) is 4.34. The van der Waals surface area contributed by atoms with Gasteiger partial charge >= 0.3 is 0 Å².